The molecule has 0 bridgehead atoms. The molecule has 4 aromatic rings. The molecule has 0 radical (unpaired) electrons. The maximum absolute atomic E-state index is 14.5. The normalized spacial score (nSPS) is 15.2. The van der Waals surface area contributed by atoms with Crippen LogP contribution in [0.15, 0.2) is 42.7 Å². The van der Waals surface area contributed by atoms with Crippen LogP contribution in [0.25, 0.3) is 33.5 Å². The lowest BCUT2D eigenvalue weighted by atomic mass is 10.0. The molecule has 0 saturated carbocycles. The molecule has 0 unspecified atom stereocenters. The summed E-state index contributed by atoms with van der Waals surface area (Å²) >= 11 is 5.88. The first-order valence-electron chi connectivity index (χ1n) is 11.1. The van der Waals surface area contributed by atoms with E-state index in [4.69, 9.17) is 16.6 Å². The van der Waals surface area contributed by atoms with Gasteiger partial charge in [0.25, 0.3) is 0 Å². The van der Waals surface area contributed by atoms with Crippen LogP contribution in [0.4, 0.5) is 14.5 Å². The minimum atomic E-state index is -0.813. The van der Waals surface area contributed by atoms with Crippen molar-refractivity contribution in [1.29, 1.82) is 0 Å². The van der Waals surface area contributed by atoms with Crippen LogP contribution in [0, 0.1) is 11.6 Å². The number of hydrogen-bond donors (Lipinski definition) is 2. The highest BCUT2D eigenvalue weighted by molar-refractivity contribution is 6.31. The second-order valence-corrected chi connectivity index (χ2v) is 8.84. The Labute approximate surface area is 200 Å². The van der Waals surface area contributed by atoms with Crippen molar-refractivity contribution in [2.45, 2.75) is 0 Å². The zero-order chi connectivity index (χ0) is 23.7. The van der Waals surface area contributed by atoms with Gasteiger partial charge in [-0.25, -0.2) is 13.8 Å². The number of nitrogens with zero attached hydrogens (tertiary/aromatic N) is 5. The van der Waals surface area contributed by atoms with Crippen molar-refractivity contribution in [3.8, 4) is 22.5 Å². The van der Waals surface area contributed by atoms with Gasteiger partial charge in [0.2, 0.25) is 0 Å². The van der Waals surface area contributed by atoms with Crippen molar-refractivity contribution in [3.05, 3.63) is 59.4 Å². The maximum Gasteiger partial charge on any atom is 0.144 e. The Kier molecular flexibility index (Phi) is 6.40. The van der Waals surface area contributed by atoms with E-state index in [9.17, 15) is 8.78 Å². The van der Waals surface area contributed by atoms with Crippen molar-refractivity contribution in [2.75, 3.05) is 51.6 Å². The van der Waals surface area contributed by atoms with Crippen LogP contribution >= 0.6 is 11.6 Å². The summed E-state index contributed by atoms with van der Waals surface area (Å²) in [4.78, 5) is 14.0. The van der Waals surface area contributed by atoms with Crippen molar-refractivity contribution < 1.29 is 8.78 Å². The molecule has 1 aliphatic heterocycles. The fraction of sp³-hybridized carbons (Fsp3) is 0.292. The van der Waals surface area contributed by atoms with Crippen LogP contribution in [-0.4, -0.2) is 76.3 Å². The van der Waals surface area contributed by atoms with E-state index in [0.29, 0.717) is 22.5 Å². The Morgan fingerprint density at radius 1 is 1.00 bits per heavy atom. The molecular formula is C24H24ClF2N7. The molecule has 2 N–H and O–H groups in total. The van der Waals surface area contributed by atoms with E-state index in [1.807, 2.05) is 12.1 Å². The number of H-pyrrole nitrogens is 1. The fourth-order valence-electron chi connectivity index (χ4n) is 4.08. The Bertz CT molecular complexity index is 1320. The van der Waals surface area contributed by atoms with Gasteiger partial charge in [0.1, 0.15) is 11.6 Å². The lowest BCUT2D eigenvalue weighted by molar-refractivity contribution is 0.158. The van der Waals surface area contributed by atoms with Gasteiger partial charge in [-0.1, -0.05) is 11.6 Å². The topological polar surface area (TPSA) is 73.0 Å². The van der Waals surface area contributed by atoms with Crippen LogP contribution in [-0.2, 0) is 0 Å². The van der Waals surface area contributed by atoms with Crippen molar-refractivity contribution in [2.24, 2.45) is 0 Å². The highest BCUT2D eigenvalue weighted by Gasteiger charge is 2.18. The van der Waals surface area contributed by atoms with Crippen molar-refractivity contribution in [1.82, 2.24) is 30.0 Å². The summed E-state index contributed by atoms with van der Waals surface area (Å²) in [6.07, 6.45) is 3.36. The SMILES string of the molecule is CN1CCN(CCNc2cnc3ccc(-c4cn[nH]c4-c4cc(Cl)c(F)cc4F)nc3c2)CC1. The van der Waals surface area contributed by atoms with Crippen molar-refractivity contribution in [3.63, 3.8) is 0 Å². The van der Waals surface area contributed by atoms with Crippen LogP contribution in [0.5, 0.6) is 0 Å². The van der Waals surface area contributed by atoms with Gasteiger partial charge in [0, 0.05) is 56.5 Å². The maximum atomic E-state index is 14.5. The van der Waals surface area contributed by atoms with Gasteiger partial charge in [0.15, 0.2) is 0 Å². The standard InChI is InChI=1S/C24H24ClF2N7/c1-33-6-8-34(9-7-33)5-4-28-15-10-23-22(29-13-15)3-2-21(31-23)17-14-30-32-24(17)16-11-18(25)20(27)12-19(16)26/h2-3,10-14,28H,4-9H2,1H3,(H,30,32). The molecule has 176 valence electrons. The van der Waals surface area contributed by atoms with Crippen LogP contribution in [0.2, 0.25) is 5.02 Å². The number of fused-ring (bicyclic) bond motifs is 1. The predicted octanol–water partition coefficient (Wildman–Crippen LogP) is 4.28. The largest absolute Gasteiger partial charge is 0.382 e. The number of aromatic amines is 1. The molecule has 1 fully saturated rings. The smallest absolute Gasteiger partial charge is 0.144 e. The van der Waals surface area contributed by atoms with E-state index in [1.54, 1.807) is 18.5 Å². The molecular weight excluding hydrogens is 460 g/mol. The van der Waals surface area contributed by atoms with E-state index in [0.717, 1.165) is 56.5 Å². The van der Waals surface area contributed by atoms with Crippen LogP contribution in [0.3, 0.4) is 0 Å². The number of likely N-dealkylation sites (N-methyl/N-ethyl adjacent to an activating group) is 1. The van der Waals surface area contributed by atoms with Gasteiger partial charge >= 0.3 is 0 Å². The van der Waals surface area contributed by atoms with E-state index >= 15 is 0 Å². The summed E-state index contributed by atoms with van der Waals surface area (Å²) in [5.74, 6) is -1.55. The first-order valence-corrected chi connectivity index (χ1v) is 11.5. The van der Waals surface area contributed by atoms with Gasteiger partial charge < -0.3 is 10.2 Å². The third kappa shape index (κ3) is 4.72. The Balaban J connectivity index is 1.37. The summed E-state index contributed by atoms with van der Waals surface area (Å²) in [6, 6.07) is 7.61. The van der Waals surface area contributed by atoms with Gasteiger partial charge in [-0.3, -0.25) is 15.0 Å². The molecule has 5 rings (SSSR count). The third-order valence-corrected chi connectivity index (χ3v) is 6.37. The summed E-state index contributed by atoms with van der Waals surface area (Å²) in [5.41, 5.74) is 4.00. The molecule has 3 aromatic heterocycles. The molecule has 0 atom stereocenters. The lowest BCUT2D eigenvalue weighted by Gasteiger charge is -2.32. The van der Waals surface area contributed by atoms with Gasteiger partial charge in [-0.05, 0) is 31.3 Å². The monoisotopic (exact) mass is 483 g/mol. The quantitative estimate of drug-likeness (QED) is 0.399. The highest BCUT2D eigenvalue weighted by Crippen LogP contribution is 2.34. The molecule has 0 aliphatic carbocycles. The molecule has 1 aliphatic rings. The zero-order valence-corrected chi connectivity index (χ0v) is 19.4. The first kappa shape index (κ1) is 22.6. The van der Waals surface area contributed by atoms with E-state index in [1.165, 1.54) is 6.07 Å². The molecule has 34 heavy (non-hydrogen) atoms. The van der Waals surface area contributed by atoms with E-state index in [-0.39, 0.29) is 10.6 Å². The number of anilines is 1. The number of pyridine rings is 2. The molecule has 1 saturated heterocycles. The number of piperazine rings is 1. The Hall–Kier alpha value is -3.14. The molecule has 10 heteroatoms. The molecule has 4 heterocycles. The summed E-state index contributed by atoms with van der Waals surface area (Å²) in [7, 11) is 2.15. The van der Waals surface area contributed by atoms with E-state index in [2.05, 4.69) is 37.3 Å². The number of rotatable bonds is 6. The summed E-state index contributed by atoms with van der Waals surface area (Å²) < 4.78 is 28.1. The number of nitrogens with one attached hydrogen (secondary N) is 2. The van der Waals surface area contributed by atoms with Gasteiger partial charge in [0.05, 0.1) is 45.5 Å². The van der Waals surface area contributed by atoms with E-state index < -0.39 is 11.6 Å². The number of halogens is 3. The third-order valence-electron chi connectivity index (χ3n) is 6.08. The average molecular weight is 484 g/mol. The Morgan fingerprint density at radius 2 is 1.82 bits per heavy atom. The van der Waals surface area contributed by atoms with Gasteiger partial charge in [-0.15, -0.1) is 0 Å². The summed E-state index contributed by atoms with van der Waals surface area (Å²) in [5, 5.41) is 10.1. The van der Waals surface area contributed by atoms with Gasteiger partial charge in [-0.2, -0.15) is 5.10 Å². The Morgan fingerprint density at radius 3 is 2.65 bits per heavy atom. The highest BCUT2D eigenvalue weighted by atomic mass is 35.5. The number of hydrogen-bond acceptors (Lipinski definition) is 6. The minimum Gasteiger partial charge on any atom is -0.382 e. The first-order chi connectivity index (χ1) is 16.5. The van der Waals surface area contributed by atoms with Crippen molar-refractivity contribution >= 4 is 28.3 Å². The number of benzene rings is 1. The molecule has 0 amide bonds. The predicted molar refractivity (Wildman–Crippen MR) is 130 cm³/mol. The molecule has 7 nitrogen and oxygen atoms in total. The molecule has 0 spiro atoms. The van der Waals surface area contributed by atoms with Crippen LogP contribution < -0.4 is 5.32 Å². The average Bonchev–Trinajstić information content (AvgIpc) is 3.32. The number of aromatic nitrogens is 4. The second kappa shape index (κ2) is 9.61. The second-order valence-electron chi connectivity index (χ2n) is 8.44. The van der Waals surface area contributed by atoms with Crippen LogP contribution in [0.1, 0.15) is 0 Å². The zero-order valence-electron chi connectivity index (χ0n) is 18.7. The fourth-order valence-corrected chi connectivity index (χ4v) is 4.25. The molecule has 1 aromatic carbocycles. The summed E-state index contributed by atoms with van der Waals surface area (Å²) in [6.45, 7) is 6.11. The lowest BCUT2D eigenvalue weighted by Crippen LogP contribution is -2.45. The minimum absolute atomic E-state index is 0.123.